The van der Waals surface area contributed by atoms with Crippen LogP contribution in [0.15, 0.2) is 52.4 Å². The van der Waals surface area contributed by atoms with Gasteiger partial charge < -0.3 is 4.57 Å². The van der Waals surface area contributed by atoms with E-state index in [1.165, 1.54) is 10.5 Å². The lowest BCUT2D eigenvalue weighted by atomic mass is 10.0. The Labute approximate surface area is 156 Å². The maximum Gasteiger partial charge on any atom is 0.252 e. The fourth-order valence-electron chi connectivity index (χ4n) is 2.69. The molecule has 3 aromatic rings. The molecule has 25 heavy (non-hydrogen) atoms. The number of amides is 1. The quantitative estimate of drug-likeness (QED) is 0.621. The monoisotopic (exact) mass is 370 g/mol. The van der Waals surface area contributed by atoms with Gasteiger partial charge in [0.2, 0.25) is 0 Å². The lowest BCUT2D eigenvalue weighted by Gasteiger charge is -2.05. The molecule has 0 bridgehead atoms. The van der Waals surface area contributed by atoms with Crippen molar-refractivity contribution in [2.75, 3.05) is 6.26 Å². The van der Waals surface area contributed by atoms with Gasteiger partial charge in [-0.1, -0.05) is 49.4 Å². The van der Waals surface area contributed by atoms with Gasteiger partial charge in [-0.2, -0.15) is 4.99 Å². The number of carbonyl (C=O) groups excluding carboxylic acids is 1. The summed E-state index contributed by atoms with van der Waals surface area (Å²) < 4.78 is 3.14. The van der Waals surface area contributed by atoms with Crippen molar-refractivity contribution < 1.29 is 4.79 Å². The molecule has 0 radical (unpaired) electrons. The van der Waals surface area contributed by atoms with Crippen molar-refractivity contribution in [1.82, 2.24) is 4.57 Å². The normalized spacial score (nSPS) is 12.3. The maximum atomic E-state index is 12.4. The second kappa shape index (κ2) is 7.58. The largest absolute Gasteiger partial charge is 0.319 e. The van der Waals surface area contributed by atoms with Gasteiger partial charge in [-0.15, -0.1) is 11.8 Å². The molecule has 5 heteroatoms. The first-order valence-corrected chi connectivity index (χ1v) is 10.3. The summed E-state index contributed by atoms with van der Waals surface area (Å²) >= 11 is 3.28. The third-order valence-corrected chi connectivity index (χ3v) is 6.06. The Balaban J connectivity index is 1.85. The SMILES string of the molecule is CSc1ccc2c(c1)sc(=NC(=O)Cc1ccc(C(C)C)cc1)n2C. The van der Waals surface area contributed by atoms with Crippen LogP contribution in [-0.2, 0) is 18.3 Å². The molecule has 0 atom stereocenters. The number of carbonyl (C=O) groups is 1. The molecule has 3 rings (SSSR count). The molecule has 1 heterocycles. The van der Waals surface area contributed by atoms with Crippen molar-refractivity contribution in [2.45, 2.75) is 31.1 Å². The van der Waals surface area contributed by atoms with E-state index in [2.05, 4.69) is 55.4 Å². The molecular weight excluding hydrogens is 348 g/mol. The molecule has 0 spiro atoms. The van der Waals surface area contributed by atoms with Gasteiger partial charge in [0, 0.05) is 11.9 Å². The van der Waals surface area contributed by atoms with Crippen LogP contribution in [0.4, 0.5) is 0 Å². The van der Waals surface area contributed by atoms with Gasteiger partial charge in [-0.3, -0.25) is 4.79 Å². The molecular formula is C20H22N2OS2. The van der Waals surface area contributed by atoms with Gasteiger partial charge in [0.25, 0.3) is 5.91 Å². The summed E-state index contributed by atoms with van der Waals surface area (Å²) in [5, 5.41) is 0. The van der Waals surface area contributed by atoms with Gasteiger partial charge >= 0.3 is 0 Å². The van der Waals surface area contributed by atoms with Gasteiger partial charge in [0.15, 0.2) is 4.80 Å². The van der Waals surface area contributed by atoms with E-state index >= 15 is 0 Å². The number of hydrogen-bond donors (Lipinski definition) is 0. The summed E-state index contributed by atoms with van der Waals surface area (Å²) in [5.41, 5.74) is 3.40. The minimum Gasteiger partial charge on any atom is -0.319 e. The van der Waals surface area contributed by atoms with E-state index in [-0.39, 0.29) is 5.91 Å². The highest BCUT2D eigenvalue weighted by atomic mass is 32.2. The molecule has 1 amide bonds. The first kappa shape index (κ1) is 18.0. The van der Waals surface area contributed by atoms with E-state index in [1.807, 2.05) is 23.7 Å². The highest BCUT2D eigenvalue weighted by Crippen LogP contribution is 2.23. The van der Waals surface area contributed by atoms with Crippen LogP contribution in [0.2, 0.25) is 0 Å². The van der Waals surface area contributed by atoms with Crippen LogP contribution in [0.5, 0.6) is 0 Å². The molecule has 0 fully saturated rings. The Bertz CT molecular complexity index is 966. The third kappa shape index (κ3) is 4.05. The number of thioether (sulfide) groups is 1. The molecule has 1 aromatic heterocycles. The standard InChI is InChI=1S/C20H22N2OS2/c1-13(2)15-7-5-14(6-8-15)11-19(23)21-20-22(3)17-10-9-16(24-4)12-18(17)25-20/h5-10,12-13H,11H2,1-4H3. The molecule has 0 N–H and O–H groups in total. The van der Waals surface area contributed by atoms with Crippen molar-refractivity contribution in [2.24, 2.45) is 12.0 Å². The number of thiazole rings is 1. The highest BCUT2D eigenvalue weighted by molar-refractivity contribution is 7.98. The summed E-state index contributed by atoms with van der Waals surface area (Å²) in [6.45, 7) is 4.33. The van der Waals surface area contributed by atoms with Gasteiger partial charge in [0.05, 0.1) is 16.6 Å². The molecule has 0 saturated heterocycles. The summed E-state index contributed by atoms with van der Waals surface area (Å²) in [6, 6.07) is 14.6. The van der Waals surface area contributed by atoms with Crippen molar-refractivity contribution in [3.05, 3.63) is 58.4 Å². The Hall–Kier alpha value is -1.85. The second-order valence-electron chi connectivity index (χ2n) is 6.36. The summed E-state index contributed by atoms with van der Waals surface area (Å²) in [5.74, 6) is 0.391. The van der Waals surface area contributed by atoms with Gasteiger partial charge in [-0.25, -0.2) is 0 Å². The van der Waals surface area contributed by atoms with Crippen LogP contribution in [-0.4, -0.2) is 16.7 Å². The fourth-order valence-corrected chi connectivity index (χ4v) is 4.28. The number of rotatable bonds is 4. The lowest BCUT2D eigenvalue weighted by Crippen LogP contribution is -2.14. The van der Waals surface area contributed by atoms with Crippen molar-refractivity contribution in [3.63, 3.8) is 0 Å². The van der Waals surface area contributed by atoms with Crippen LogP contribution in [0.1, 0.15) is 30.9 Å². The van der Waals surface area contributed by atoms with E-state index in [4.69, 9.17) is 0 Å². The number of fused-ring (bicyclic) bond motifs is 1. The van der Waals surface area contributed by atoms with Crippen molar-refractivity contribution in [1.29, 1.82) is 0 Å². The summed E-state index contributed by atoms with van der Waals surface area (Å²) in [7, 11) is 1.96. The minimum atomic E-state index is -0.107. The van der Waals surface area contributed by atoms with Crippen LogP contribution in [0, 0.1) is 0 Å². The molecule has 3 nitrogen and oxygen atoms in total. The fraction of sp³-hybridized carbons (Fsp3) is 0.300. The average Bonchev–Trinajstić information content (AvgIpc) is 2.90. The summed E-state index contributed by atoms with van der Waals surface area (Å²) in [6.07, 6.45) is 2.40. The van der Waals surface area contributed by atoms with Crippen LogP contribution in [0.25, 0.3) is 10.2 Å². The van der Waals surface area contributed by atoms with Gasteiger partial charge in [0.1, 0.15) is 0 Å². The topological polar surface area (TPSA) is 34.4 Å². The number of nitrogens with zero attached hydrogens (tertiary/aromatic N) is 2. The Kier molecular flexibility index (Phi) is 5.45. The molecule has 0 aliphatic heterocycles. The van der Waals surface area contributed by atoms with E-state index in [0.29, 0.717) is 12.3 Å². The number of hydrogen-bond acceptors (Lipinski definition) is 3. The van der Waals surface area contributed by atoms with E-state index in [1.54, 1.807) is 23.1 Å². The average molecular weight is 371 g/mol. The predicted molar refractivity (Wildman–Crippen MR) is 107 cm³/mol. The molecule has 2 aromatic carbocycles. The second-order valence-corrected chi connectivity index (χ2v) is 8.24. The zero-order valence-corrected chi connectivity index (χ0v) is 16.6. The number of aromatic nitrogens is 1. The highest BCUT2D eigenvalue weighted by Gasteiger charge is 2.07. The molecule has 0 saturated carbocycles. The Morgan fingerprint density at radius 1 is 1.20 bits per heavy atom. The van der Waals surface area contributed by atoms with E-state index in [9.17, 15) is 4.79 Å². The van der Waals surface area contributed by atoms with Crippen LogP contribution < -0.4 is 4.80 Å². The van der Waals surface area contributed by atoms with E-state index < -0.39 is 0 Å². The number of benzene rings is 2. The first-order chi connectivity index (χ1) is 12.0. The lowest BCUT2D eigenvalue weighted by molar-refractivity contribution is -0.117. The first-order valence-electron chi connectivity index (χ1n) is 8.28. The zero-order chi connectivity index (χ0) is 18.0. The summed E-state index contributed by atoms with van der Waals surface area (Å²) in [4.78, 5) is 18.7. The van der Waals surface area contributed by atoms with Crippen molar-refractivity contribution >= 4 is 39.2 Å². The maximum absolute atomic E-state index is 12.4. The van der Waals surface area contributed by atoms with Crippen LogP contribution >= 0.6 is 23.1 Å². The molecule has 130 valence electrons. The Morgan fingerprint density at radius 2 is 1.92 bits per heavy atom. The smallest absolute Gasteiger partial charge is 0.252 e. The minimum absolute atomic E-state index is 0.107. The van der Waals surface area contributed by atoms with Crippen LogP contribution in [0.3, 0.4) is 0 Å². The molecule has 0 aliphatic rings. The predicted octanol–water partition coefficient (Wildman–Crippen LogP) is 4.76. The molecule has 0 unspecified atom stereocenters. The Morgan fingerprint density at radius 3 is 2.56 bits per heavy atom. The zero-order valence-electron chi connectivity index (χ0n) is 14.9. The van der Waals surface area contributed by atoms with Crippen molar-refractivity contribution in [3.8, 4) is 0 Å². The van der Waals surface area contributed by atoms with Gasteiger partial charge in [-0.05, 0) is 41.5 Å². The van der Waals surface area contributed by atoms with E-state index in [0.717, 1.165) is 20.6 Å². The molecule has 0 aliphatic carbocycles. The third-order valence-electron chi connectivity index (χ3n) is 4.24. The number of aryl methyl sites for hydroxylation is 1.